The molecule has 6 heteroatoms. The van der Waals surface area contributed by atoms with Gasteiger partial charge >= 0.3 is 11.9 Å². The highest BCUT2D eigenvalue weighted by molar-refractivity contribution is 5.88. The molecule has 1 aromatic rings. The van der Waals surface area contributed by atoms with Crippen molar-refractivity contribution in [2.75, 3.05) is 19.0 Å². The molecule has 1 aliphatic rings. The van der Waals surface area contributed by atoms with E-state index >= 15 is 0 Å². The van der Waals surface area contributed by atoms with E-state index in [4.69, 9.17) is 0 Å². The highest BCUT2D eigenvalue weighted by Crippen LogP contribution is 2.41. The Morgan fingerprint density at radius 1 is 1.53 bits per heavy atom. The normalized spacial score (nSPS) is 16.3. The van der Waals surface area contributed by atoms with E-state index in [1.807, 2.05) is 0 Å². The second-order valence-electron chi connectivity index (χ2n) is 4.71. The Balaban J connectivity index is 2.03. The summed E-state index contributed by atoms with van der Waals surface area (Å²) in [6.45, 7) is 0.354. The maximum Gasteiger partial charge on any atom is 0.356 e. The fourth-order valence-corrected chi connectivity index (χ4v) is 2.10. The highest BCUT2D eigenvalue weighted by Gasteiger charge is 2.44. The summed E-state index contributed by atoms with van der Waals surface area (Å²) in [5.41, 5.74) is 0.197. The number of aromatic nitrogens is 1. The lowest BCUT2D eigenvalue weighted by Gasteiger charge is -2.37. The lowest BCUT2D eigenvalue weighted by atomic mass is 9.69. The number of rotatable bonds is 5. The van der Waals surface area contributed by atoms with Gasteiger partial charge in [-0.3, -0.25) is 4.79 Å². The second kappa shape index (κ2) is 5.26. The monoisotopic (exact) mass is 264 g/mol. The smallest absolute Gasteiger partial charge is 0.356 e. The maximum absolute atomic E-state index is 11.3. The summed E-state index contributed by atoms with van der Waals surface area (Å²) >= 11 is 0. The number of esters is 1. The molecule has 1 saturated carbocycles. The maximum atomic E-state index is 11.3. The Morgan fingerprint density at radius 3 is 2.79 bits per heavy atom. The molecule has 6 nitrogen and oxygen atoms in total. The average molecular weight is 264 g/mol. The number of aliphatic carboxylic acids is 1. The summed E-state index contributed by atoms with van der Waals surface area (Å²) in [5, 5.41) is 12.3. The first kappa shape index (κ1) is 13.3. The third-order valence-electron chi connectivity index (χ3n) is 3.55. The van der Waals surface area contributed by atoms with Crippen molar-refractivity contribution in [1.29, 1.82) is 0 Å². The zero-order valence-corrected chi connectivity index (χ0v) is 10.7. The molecule has 0 saturated heterocycles. The summed E-state index contributed by atoms with van der Waals surface area (Å²) in [4.78, 5) is 26.4. The third-order valence-corrected chi connectivity index (χ3v) is 3.55. The van der Waals surface area contributed by atoms with Gasteiger partial charge in [0.05, 0.1) is 12.5 Å². The van der Waals surface area contributed by atoms with Crippen molar-refractivity contribution < 1.29 is 19.4 Å². The number of hydrogen-bond acceptors (Lipinski definition) is 5. The van der Waals surface area contributed by atoms with E-state index in [2.05, 4.69) is 15.0 Å². The summed E-state index contributed by atoms with van der Waals surface area (Å²) in [6.07, 6.45) is 3.80. The molecule has 0 radical (unpaired) electrons. The van der Waals surface area contributed by atoms with Crippen LogP contribution in [0.1, 0.15) is 29.8 Å². The number of nitrogens with one attached hydrogen (secondary N) is 1. The molecule has 1 heterocycles. The Bertz CT molecular complexity index is 497. The molecule has 2 N–H and O–H groups in total. The van der Waals surface area contributed by atoms with Crippen LogP contribution in [0.3, 0.4) is 0 Å². The fourth-order valence-electron chi connectivity index (χ4n) is 2.10. The van der Waals surface area contributed by atoms with Gasteiger partial charge in [-0.15, -0.1) is 0 Å². The van der Waals surface area contributed by atoms with Crippen molar-refractivity contribution in [3.05, 3.63) is 24.0 Å². The number of hydrogen-bond donors (Lipinski definition) is 2. The second-order valence-corrected chi connectivity index (χ2v) is 4.71. The quantitative estimate of drug-likeness (QED) is 0.784. The van der Waals surface area contributed by atoms with E-state index in [0.29, 0.717) is 25.1 Å². The minimum absolute atomic E-state index is 0.200. The van der Waals surface area contributed by atoms with Crippen molar-refractivity contribution in [2.24, 2.45) is 5.41 Å². The van der Waals surface area contributed by atoms with Gasteiger partial charge in [0.25, 0.3) is 0 Å². The minimum Gasteiger partial charge on any atom is -0.481 e. The average Bonchev–Trinajstić information content (AvgIpc) is 2.36. The van der Waals surface area contributed by atoms with E-state index in [0.717, 1.165) is 6.42 Å². The van der Waals surface area contributed by atoms with Crippen LogP contribution in [-0.4, -0.2) is 35.7 Å². The molecule has 0 spiro atoms. The lowest BCUT2D eigenvalue weighted by molar-refractivity contribution is -0.153. The molecule has 0 aliphatic heterocycles. The number of carboxylic acid groups (broad SMARTS) is 1. The van der Waals surface area contributed by atoms with Crippen LogP contribution in [0.15, 0.2) is 18.3 Å². The van der Waals surface area contributed by atoms with Crippen LogP contribution in [-0.2, 0) is 9.53 Å². The SMILES string of the molecule is COC(=O)c1cc(NCC2(C(=O)O)CCC2)ccn1. The molecule has 1 aromatic heterocycles. The highest BCUT2D eigenvalue weighted by atomic mass is 16.5. The molecule has 0 bridgehead atoms. The van der Waals surface area contributed by atoms with Gasteiger partial charge in [0, 0.05) is 18.4 Å². The van der Waals surface area contributed by atoms with Crippen molar-refractivity contribution >= 4 is 17.6 Å². The van der Waals surface area contributed by atoms with Crippen molar-refractivity contribution in [1.82, 2.24) is 4.98 Å². The van der Waals surface area contributed by atoms with E-state index in [-0.39, 0.29) is 5.69 Å². The van der Waals surface area contributed by atoms with E-state index in [1.165, 1.54) is 13.3 Å². The first-order valence-electron chi connectivity index (χ1n) is 6.09. The molecule has 19 heavy (non-hydrogen) atoms. The Morgan fingerprint density at radius 2 is 2.26 bits per heavy atom. The van der Waals surface area contributed by atoms with Gasteiger partial charge in [0.1, 0.15) is 5.69 Å². The molecule has 102 valence electrons. The first-order chi connectivity index (χ1) is 9.07. The molecule has 0 amide bonds. The number of pyridine rings is 1. The van der Waals surface area contributed by atoms with Crippen LogP contribution >= 0.6 is 0 Å². The minimum atomic E-state index is -0.770. The number of carboxylic acids is 1. The van der Waals surface area contributed by atoms with Crippen LogP contribution in [0, 0.1) is 5.41 Å². The predicted molar refractivity (Wildman–Crippen MR) is 68.0 cm³/mol. The van der Waals surface area contributed by atoms with Crippen molar-refractivity contribution in [3.63, 3.8) is 0 Å². The molecular formula is C13H16N2O4. The number of carbonyl (C=O) groups is 2. The van der Waals surface area contributed by atoms with Gasteiger partial charge in [0.15, 0.2) is 0 Å². The summed E-state index contributed by atoms with van der Waals surface area (Å²) in [7, 11) is 1.29. The summed E-state index contributed by atoms with van der Waals surface area (Å²) in [5.74, 6) is -1.28. The van der Waals surface area contributed by atoms with E-state index in [9.17, 15) is 14.7 Å². The Labute approximate surface area is 110 Å². The van der Waals surface area contributed by atoms with Gasteiger partial charge in [-0.25, -0.2) is 9.78 Å². The number of methoxy groups -OCH3 is 1. The molecular weight excluding hydrogens is 248 g/mol. The molecule has 2 rings (SSSR count). The van der Waals surface area contributed by atoms with Gasteiger partial charge in [0.2, 0.25) is 0 Å². The van der Waals surface area contributed by atoms with Crippen molar-refractivity contribution in [2.45, 2.75) is 19.3 Å². The van der Waals surface area contributed by atoms with Gasteiger partial charge in [-0.2, -0.15) is 0 Å². The molecule has 0 atom stereocenters. The third kappa shape index (κ3) is 2.67. The van der Waals surface area contributed by atoms with Gasteiger partial charge in [-0.05, 0) is 25.0 Å². The van der Waals surface area contributed by atoms with Crippen LogP contribution in [0.5, 0.6) is 0 Å². The van der Waals surface area contributed by atoms with Crippen molar-refractivity contribution in [3.8, 4) is 0 Å². The fraction of sp³-hybridized carbons (Fsp3) is 0.462. The van der Waals surface area contributed by atoms with Crippen LogP contribution in [0.25, 0.3) is 0 Å². The molecule has 0 aromatic carbocycles. The summed E-state index contributed by atoms with van der Waals surface area (Å²) < 4.78 is 4.58. The van der Waals surface area contributed by atoms with Crippen LogP contribution in [0.2, 0.25) is 0 Å². The van der Waals surface area contributed by atoms with Crippen LogP contribution in [0.4, 0.5) is 5.69 Å². The Hall–Kier alpha value is -2.11. The number of carbonyl (C=O) groups excluding carboxylic acids is 1. The van der Waals surface area contributed by atoms with Crippen LogP contribution < -0.4 is 5.32 Å². The van der Waals surface area contributed by atoms with E-state index in [1.54, 1.807) is 12.1 Å². The standard InChI is InChI=1S/C13H16N2O4/c1-19-11(16)10-7-9(3-6-14-10)15-8-13(12(17)18)4-2-5-13/h3,6-7H,2,4-5,8H2,1H3,(H,14,15)(H,17,18). The molecule has 1 fully saturated rings. The zero-order chi connectivity index (χ0) is 13.9. The topological polar surface area (TPSA) is 88.5 Å². The van der Waals surface area contributed by atoms with Gasteiger partial charge in [-0.1, -0.05) is 6.42 Å². The zero-order valence-electron chi connectivity index (χ0n) is 10.7. The summed E-state index contributed by atoms with van der Waals surface area (Å²) in [6, 6.07) is 3.25. The molecule has 0 unspecified atom stereocenters. The first-order valence-corrected chi connectivity index (χ1v) is 6.09. The predicted octanol–water partition coefficient (Wildman–Crippen LogP) is 1.53. The number of ether oxygens (including phenoxy) is 1. The number of anilines is 1. The Kier molecular flexibility index (Phi) is 3.69. The molecule has 1 aliphatic carbocycles. The number of nitrogens with zero attached hydrogens (tertiary/aromatic N) is 1. The van der Waals surface area contributed by atoms with E-state index < -0.39 is 17.4 Å². The lowest BCUT2D eigenvalue weighted by Crippen LogP contribution is -2.43. The largest absolute Gasteiger partial charge is 0.481 e. The van der Waals surface area contributed by atoms with Gasteiger partial charge < -0.3 is 15.2 Å².